The Morgan fingerprint density at radius 3 is 2.67 bits per heavy atom. The van der Waals surface area contributed by atoms with Gasteiger partial charge in [-0.15, -0.1) is 0 Å². The number of hydrogen-bond donors (Lipinski definition) is 1. The topological polar surface area (TPSA) is 68.1 Å². The number of nitro groups is 1. The summed E-state index contributed by atoms with van der Waals surface area (Å²) in [7, 11) is 0. The average Bonchev–Trinajstić information content (AvgIpc) is 2.39. The molecule has 0 spiro atoms. The van der Waals surface area contributed by atoms with E-state index in [2.05, 4.69) is 26.2 Å². The number of rotatable bonds is 4. The zero-order valence-corrected chi connectivity index (χ0v) is 12.4. The molecule has 0 unspecified atom stereocenters. The van der Waals surface area contributed by atoms with Crippen molar-refractivity contribution >= 4 is 27.3 Å². The van der Waals surface area contributed by atoms with Gasteiger partial charge in [0, 0.05) is 24.2 Å². The van der Waals surface area contributed by atoms with Crippen molar-refractivity contribution in [2.75, 3.05) is 5.32 Å². The number of aryl methyl sites for hydroxylation is 1. The van der Waals surface area contributed by atoms with Crippen molar-refractivity contribution in [1.29, 1.82) is 0 Å². The van der Waals surface area contributed by atoms with E-state index in [1.165, 1.54) is 0 Å². The predicted molar refractivity (Wildman–Crippen MR) is 77.0 cm³/mol. The van der Waals surface area contributed by atoms with Crippen LogP contribution in [0.25, 0.3) is 0 Å². The van der Waals surface area contributed by atoms with Crippen LogP contribution >= 0.6 is 15.9 Å². The fraction of sp³-hybridized carbons (Fsp3) is 0.154. The molecule has 8 heteroatoms. The van der Waals surface area contributed by atoms with Crippen molar-refractivity contribution in [3.05, 3.63) is 61.9 Å². The molecule has 0 bridgehead atoms. The molecule has 1 aromatic carbocycles. The molecule has 0 saturated heterocycles. The molecular weight excluding hydrogens is 348 g/mol. The first kappa shape index (κ1) is 15.3. The minimum Gasteiger partial charge on any atom is -0.379 e. The number of hydrogen-bond acceptors (Lipinski definition) is 4. The number of nitrogens with one attached hydrogen (secondary N) is 1. The third-order valence-corrected chi connectivity index (χ3v) is 3.28. The van der Waals surface area contributed by atoms with Crippen LogP contribution in [-0.4, -0.2) is 9.91 Å². The average molecular weight is 358 g/mol. The van der Waals surface area contributed by atoms with Crippen molar-refractivity contribution in [2.45, 2.75) is 13.5 Å². The van der Waals surface area contributed by atoms with Gasteiger partial charge in [0.1, 0.15) is 10.4 Å². The summed E-state index contributed by atoms with van der Waals surface area (Å²) in [6.07, 6.45) is 0. The highest BCUT2D eigenvalue weighted by molar-refractivity contribution is 9.10. The summed E-state index contributed by atoms with van der Waals surface area (Å²) in [5, 5.41) is 13.6. The molecule has 0 aliphatic heterocycles. The standard InChI is InChI=1S/C13H10BrF2N3O2/c1-7-11(2-3-13(14)18-7)17-6-8-4-12(19(20)21)10(16)5-9(8)15/h2-5,17H,6H2,1H3. The van der Waals surface area contributed by atoms with E-state index < -0.39 is 22.2 Å². The van der Waals surface area contributed by atoms with Crippen molar-refractivity contribution in [3.63, 3.8) is 0 Å². The number of nitro benzene ring substituents is 1. The molecule has 0 aliphatic carbocycles. The van der Waals surface area contributed by atoms with E-state index in [1.807, 2.05) is 0 Å². The second kappa shape index (κ2) is 6.13. The van der Waals surface area contributed by atoms with Crippen molar-refractivity contribution in [3.8, 4) is 0 Å². The molecule has 0 radical (unpaired) electrons. The molecule has 0 saturated carbocycles. The van der Waals surface area contributed by atoms with E-state index in [0.29, 0.717) is 22.1 Å². The maximum Gasteiger partial charge on any atom is 0.305 e. The minimum absolute atomic E-state index is 0.00502. The first-order chi connectivity index (χ1) is 9.88. The number of aromatic nitrogens is 1. The number of anilines is 1. The van der Waals surface area contributed by atoms with Gasteiger partial charge in [0.05, 0.1) is 16.3 Å². The Bertz CT molecular complexity index is 710. The monoisotopic (exact) mass is 357 g/mol. The van der Waals surface area contributed by atoms with E-state index in [-0.39, 0.29) is 12.1 Å². The molecular formula is C13H10BrF2N3O2. The van der Waals surface area contributed by atoms with Gasteiger partial charge in [0.15, 0.2) is 0 Å². The molecule has 0 atom stereocenters. The number of nitrogens with zero attached hydrogens (tertiary/aromatic N) is 2. The molecule has 1 heterocycles. The van der Waals surface area contributed by atoms with Crippen molar-refractivity contribution in [1.82, 2.24) is 4.98 Å². The predicted octanol–water partition coefficient (Wildman–Crippen LogP) is 3.95. The zero-order chi connectivity index (χ0) is 15.6. The van der Waals surface area contributed by atoms with Gasteiger partial charge in [-0.2, -0.15) is 4.39 Å². The lowest BCUT2D eigenvalue weighted by Crippen LogP contribution is -2.06. The molecule has 21 heavy (non-hydrogen) atoms. The van der Waals surface area contributed by atoms with E-state index in [0.717, 1.165) is 6.07 Å². The van der Waals surface area contributed by atoms with Gasteiger partial charge >= 0.3 is 5.69 Å². The number of benzene rings is 1. The first-order valence-electron chi connectivity index (χ1n) is 5.88. The normalized spacial score (nSPS) is 10.5. The van der Waals surface area contributed by atoms with Crippen LogP contribution in [0.4, 0.5) is 20.2 Å². The van der Waals surface area contributed by atoms with Gasteiger partial charge in [-0.05, 0) is 35.0 Å². The quantitative estimate of drug-likeness (QED) is 0.511. The van der Waals surface area contributed by atoms with Gasteiger partial charge in [-0.25, -0.2) is 9.37 Å². The maximum absolute atomic E-state index is 13.6. The van der Waals surface area contributed by atoms with E-state index in [9.17, 15) is 18.9 Å². The lowest BCUT2D eigenvalue weighted by atomic mass is 10.1. The lowest BCUT2D eigenvalue weighted by Gasteiger charge is -2.10. The van der Waals surface area contributed by atoms with Crippen LogP contribution in [0.15, 0.2) is 28.9 Å². The molecule has 5 nitrogen and oxygen atoms in total. The largest absolute Gasteiger partial charge is 0.379 e. The van der Waals surface area contributed by atoms with Crippen molar-refractivity contribution in [2.24, 2.45) is 0 Å². The van der Waals surface area contributed by atoms with Crippen LogP contribution in [0, 0.1) is 28.7 Å². The fourth-order valence-corrected chi connectivity index (χ4v) is 2.16. The zero-order valence-electron chi connectivity index (χ0n) is 10.9. The summed E-state index contributed by atoms with van der Waals surface area (Å²) < 4.78 is 27.5. The molecule has 110 valence electrons. The van der Waals surface area contributed by atoms with Gasteiger partial charge in [-0.1, -0.05) is 0 Å². The van der Waals surface area contributed by atoms with E-state index >= 15 is 0 Å². The van der Waals surface area contributed by atoms with Crippen LogP contribution in [0.1, 0.15) is 11.3 Å². The van der Waals surface area contributed by atoms with E-state index in [1.54, 1.807) is 19.1 Å². The SMILES string of the molecule is Cc1nc(Br)ccc1NCc1cc([N+](=O)[O-])c(F)cc1F. The second-order valence-corrected chi connectivity index (χ2v) is 5.09. The molecule has 1 N–H and O–H groups in total. The second-order valence-electron chi connectivity index (χ2n) is 4.27. The minimum atomic E-state index is -1.19. The van der Waals surface area contributed by atoms with E-state index in [4.69, 9.17) is 0 Å². The van der Waals surface area contributed by atoms with Crippen LogP contribution in [0.5, 0.6) is 0 Å². The Kier molecular flexibility index (Phi) is 4.46. The molecule has 0 aliphatic rings. The molecule has 2 aromatic rings. The van der Waals surface area contributed by atoms with Crippen LogP contribution in [-0.2, 0) is 6.54 Å². The molecule has 0 fully saturated rings. The lowest BCUT2D eigenvalue weighted by molar-refractivity contribution is -0.387. The Morgan fingerprint density at radius 1 is 1.33 bits per heavy atom. The highest BCUT2D eigenvalue weighted by atomic mass is 79.9. The van der Waals surface area contributed by atoms with Crippen LogP contribution in [0.2, 0.25) is 0 Å². The molecule has 2 rings (SSSR count). The van der Waals surface area contributed by atoms with Crippen LogP contribution < -0.4 is 5.32 Å². The summed E-state index contributed by atoms with van der Waals surface area (Å²) in [5.41, 5.74) is 0.593. The third-order valence-electron chi connectivity index (χ3n) is 2.83. The Balaban J connectivity index is 2.23. The fourth-order valence-electron chi connectivity index (χ4n) is 1.76. The Labute approximate surface area is 127 Å². The summed E-state index contributed by atoms with van der Waals surface area (Å²) in [4.78, 5) is 13.9. The highest BCUT2D eigenvalue weighted by Crippen LogP contribution is 2.23. The van der Waals surface area contributed by atoms with Gasteiger partial charge in [0.25, 0.3) is 0 Å². The van der Waals surface area contributed by atoms with Gasteiger partial charge in [0.2, 0.25) is 5.82 Å². The maximum atomic E-state index is 13.6. The number of halogens is 3. The summed E-state index contributed by atoms with van der Waals surface area (Å²) in [5.74, 6) is -2.03. The van der Waals surface area contributed by atoms with Crippen molar-refractivity contribution < 1.29 is 13.7 Å². The number of pyridine rings is 1. The third kappa shape index (κ3) is 3.52. The summed E-state index contributed by atoms with van der Waals surface area (Å²) in [6.45, 7) is 1.74. The Hall–Kier alpha value is -2.09. The van der Waals surface area contributed by atoms with Gasteiger partial charge < -0.3 is 5.32 Å². The molecule has 1 aromatic heterocycles. The smallest absolute Gasteiger partial charge is 0.305 e. The molecule has 0 amide bonds. The van der Waals surface area contributed by atoms with Gasteiger partial charge in [-0.3, -0.25) is 10.1 Å². The summed E-state index contributed by atoms with van der Waals surface area (Å²) >= 11 is 3.22. The van der Waals surface area contributed by atoms with Crippen LogP contribution in [0.3, 0.4) is 0 Å². The highest BCUT2D eigenvalue weighted by Gasteiger charge is 2.18. The summed E-state index contributed by atoms with van der Waals surface area (Å²) in [6, 6.07) is 4.85. The first-order valence-corrected chi connectivity index (χ1v) is 6.67. The Morgan fingerprint density at radius 2 is 2.05 bits per heavy atom.